The Morgan fingerprint density at radius 2 is 2.14 bits per heavy atom. The first-order chi connectivity index (χ1) is 6.72. The molecule has 0 unspecified atom stereocenters. The van der Waals surface area contributed by atoms with E-state index in [0.29, 0.717) is 5.96 Å². The van der Waals surface area contributed by atoms with Gasteiger partial charge in [0.1, 0.15) is 0 Å². The molecule has 1 heterocycles. The van der Waals surface area contributed by atoms with E-state index in [1.54, 1.807) is 7.05 Å². The topological polar surface area (TPSA) is 53.6 Å². The number of hydrogen-bond acceptors (Lipinski definition) is 2. The fraction of sp³-hybridized carbons (Fsp3) is 0.900. The van der Waals surface area contributed by atoms with Crippen LogP contribution in [-0.2, 0) is 0 Å². The Morgan fingerprint density at radius 1 is 1.50 bits per heavy atom. The van der Waals surface area contributed by atoms with Crippen LogP contribution in [0.15, 0.2) is 4.99 Å². The van der Waals surface area contributed by atoms with Gasteiger partial charge >= 0.3 is 0 Å². The third-order valence-electron chi connectivity index (χ3n) is 2.85. The zero-order chi connectivity index (χ0) is 10.4. The van der Waals surface area contributed by atoms with E-state index in [4.69, 9.17) is 5.73 Å². The first-order valence-electron chi connectivity index (χ1n) is 5.41. The van der Waals surface area contributed by atoms with E-state index in [0.717, 1.165) is 19.0 Å². The standard InChI is InChI=1S/C10H22N4/c1-9-3-6-14(7-4-9)8-5-13-10(11)12-2/h9H,3-8H2,1-2H3,(H3,11,12,13). The van der Waals surface area contributed by atoms with Gasteiger partial charge in [0, 0.05) is 20.1 Å². The molecule has 4 nitrogen and oxygen atoms in total. The zero-order valence-corrected chi connectivity index (χ0v) is 9.29. The summed E-state index contributed by atoms with van der Waals surface area (Å²) in [5.74, 6) is 1.44. The third kappa shape index (κ3) is 3.96. The maximum Gasteiger partial charge on any atom is 0.188 e. The highest BCUT2D eigenvalue weighted by Gasteiger charge is 2.14. The van der Waals surface area contributed by atoms with Crippen molar-refractivity contribution in [1.82, 2.24) is 10.2 Å². The van der Waals surface area contributed by atoms with Crippen molar-refractivity contribution >= 4 is 5.96 Å². The summed E-state index contributed by atoms with van der Waals surface area (Å²) in [6, 6.07) is 0. The summed E-state index contributed by atoms with van der Waals surface area (Å²) in [6.07, 6.45) is 2.66. The largest absolute Gasteiger partial charge is 0.370 e. The van der Waals surface area contributed by atoms with Crippen LogP contribution in [0.4, 0.5) is 0 Å². The van der Waals surface area contributed by atoms with E-state index in [1.165, 1.54) is 25.9 Å². The quantitative estimate of drug-likeness (QED) is 0.505. The van der Waals surface area contributed by atoms with E-state index in [-0.39, 0.29) is 0 Å². The molecule has 0 aliphatic carbocycles. The Bertz CT molecular complexity index is 183. The van der Waals surface area contributed by atoms with Gasteiger partial charge in [-0.05, 0) is 31.8 Å². The number of nitrogens with zero attached hydrogens (tertiary/aromatic N) is 2. The lowest BCUT2D eigenvalue weighted by molar-refractivity contribution is 0.195. The van der Waals surface area contributed by atoms with Gasteiger partial charge in [-0.1, -0.05) is 6.92 Å². The number of likely N-dealkylation sites (tertiary alicyclic amines) is 1. The summed E-state index contributed by atoms with van der Waals surface area (Å²) in [7, 11) is 1.70. The van der Waals surface area contributed by atoms with E-state index in [2.05, 4.69) is 22.1 Å². The molecule has 1 fully saturated rings. The molecule has 0 amide bonds. The third-order valence-corrected chi connectivity index (χ3v) is 2.85. The first kappa shape index (κ1) is 11.3. The average molecular weight is 198 g/mol. The number of nitrogens with two attached hydrogens (primary N) is 1. The number of aliphatic imine (C=N–C) groups is 1. The van der Waals surface area contributed by atoms with Crippen molar-refractivity contribution in [2.24, 2.45) is 16.6 Å². The van der Waals surface area contributed by atoms with E-state index >= 15 is 0 Å². The molecule has 4 heteroatoms. The molecule has 0 aromatic rings. The highest BCUT2D eigenvalue weighted by atomic mass is 15.2. The van der Waals surface area contributed by atoms with E-state index in [1.807, 2.05) is 0 Å². The van der Waals surface area contributed by atoms with Crippen LogP contribution < -0.4 is 11.1 Å². The monoisotopic (exact) mass is 198 g/mol. The molecule has 0 atom stereocenters. The van der Waals surface area contributed by atoms with Crippen LogP contribution in [0.1, 0.15) is 19.8 Å². The van der Waals surface area contributed by atoms with Crippen molar-refractivity contribution in [3.8, 4) is 0 Å². The van der Waals surface area contributed by atoms with Gasteiger partial charge in [-0.2, -0.15) is 0 Å². The Labute approximate surface area is 86.6 Å². The summed E-state index contributed by atoms with van der Waals surface area (Å²) < 4.78 is 0. The SMILES string of the molecule is CN=C(N)NCCN1CCC(C)CC1. The molecule has 3 N–H and O–H groups in total. The van der Waals surface area contributed by atoms with Crippen molar-refractivity contribution in [3.05, 3.63) is 0 Å². The average Bonchev–Trinajstić information content (AvgIpc) is 2.21. The predicted molar refractivity (Wildman–Crippen MR) is 60.4 cm³/mol. The highest BCUT2D eigenvalue weighted by Crippen LogP contribution is 2.14. The molecule has 0 bridgehead atoms. The predicted octanol–water partition coefficient (Wildman–Crippen LogP) is 0.252. The molecule has 0 aromatic heterocycles. The molecule has 0 spiro atoms. The second-order valence-corrected chi connectivity index (χ2v) is 4.06. The fourth-order valence-corrected chi connectivity index (χ4v) is 1.71. The van der Waals surface area contributed by atoms with Gasteiger partial charge in [0.25, 0.3) is 0 Å². The number of guanidine groups is 1. The second kappa shape index (κ2) is 5.86. The molecule has 1 aliphatic rings. The molecule has 0 aromatic carbocycles. The van der Waals surface area contributed by atoms with Gasteiger partial charge in [-0.3, -0.25) is 4.99 Å². The lowest BCUT2D eigenvalue weighted by Gasteiger charge is -2.30. The summed E-state index contributed by atoms with van der Waals surface area (Å²) in [5.41, 5.74) is 5.53. The molecular formula is C10H22N4. The second-order valence-electron chi connectivity index (χ2n) is 4.06. The van der Waals surface area contributed by atoms with Gasteiger partial charge in [-0.15, -0.1) is 0 Å². The molecular weight excluding hydrogens is 176 g/mol. The van der Waals surface area contributed by atoms with Crippen LogP contribution in [0.5, 0.6) is 0 Å². The molecule has 0 saturated carbocycles. The van der Waals surface area contributed by atoms with Crippen LogP contribution in [0.2, 0.25) is 0 Å². The van der Waals surface area contributed by atoms with Gasteiger partial charge in [-0.25, -0.2) is 0 Å². The summed E-state index contributed by atoms with van der Waals surface area (Å²) >= 11 is 0. The summed E-state index contributed by atoms with van der Waals surface area (Å²) in [6.45, 7) is 6.76. The number of nitrogens with one attached hydrogen (secondary N) is 1. The van der Waals surface area contributed by atoms with Crippen molar-refractivity contribution in [3.63, 3.8) is 0 Å². The Hall–Kier alpha value is -0.770. The first-order valence-corrected chi connectivity index (χ1v) is 5.41. The smallest absolute Gasteiger partial charge is 0.188 e. The Morgan fingerprint density at radius 3 is 2.71 bits per heavy atom. The minimum atomic E-state index is 0.537. The van der Waals surface area contributed by atoms with Gasteiger partial charge in [0.2, 0.25) is 0 Å². The summed E-state index contributed by atoms with van der Waals surface area (Å²) in [5, 5.41) is 3.08. The Balaban J connectivity index is 2.07. The highest BCUT2D eigenvalue weighted by molar-refractivity contribution is 5.77. The lowest BCUT2D eigenvalue weighted by atomic mass is 9.99. The van der Waals surface area contributed by atoms with Crippen LogP contribution in [0.25, 0.3) is 0 Å². The Kier molecular flexibility index (Phi) is 4.73. The van der Waals surface area contributed by atoms with Crippen molar-refractivity contribution in [2.75, 3.05) is 33.2 Å². The normalized spacial score (nSPS) is 21.1. The molecule has 14 heavy (non-hydrogen) atoms. The van der Waals surface area contributed by atoms with Crippen LogP contribution >= 0.6 is 0 Å². The molecule has 1 rings (SSSR count). The lowest BCUT2D eigenvalue weighted by Crippen LogP contribution is -2.41. The van der Waals surface area contributed by atoms with E-state index in [9.17, 15) is 0 Å². The number of hydrogen-bond donors (Lipinski definition) is 2. The number of rotatable bonds is 3. The number of piperidine rings is 1. The molecule has 1 aliphatic heterocycles. The van der Waals surface area contributed by atoms with Gasteiger partial charge in [0.05, 0.1) is 0 Å². The molecule has 0 radical (unpaired) electrons. The van der Waals surface area contributed by atoms with Crippen LogP contribution in [0, 0.1) is 5.92 Å². The molecule has 1 saturated heterocycles. The van der Waals surface area contributed by atoms with Crippen LogP contribution in [0.3, 0.4) is 0 Å². The van der Waals surface area contributed by atoms with Crippen molar-refractivity contribution in [2.45, 2.75) is 19.8 Å². The zero-order valence-electron chi connectivity index (χ0n) is 9.29. The summed E-state index contributed by atoms with van der Waals surface area (Å²) in [4.78, 5) is 6.33. The molecule has 82 valence electrons. The van der Waals surface area contributed by atoms with Gasteiger partial charge < -0.3 is 16.0 Å². The maximum atomic E-state index is 5.53. The fourth-order valence-electron chi connectivity index (χ4n) is 1.71. The van der Waals surface area contributed by atoms with E-state index < -0.39 is 0 Å². The maximum absolute atomic E-state index is 5.53. The van der Waals surface area contributed by atoms with Crippen molar-refractivity contribution in [1.29, 1.82) is 0 Å². The van der Waals surface area contributed by atoms with Crippen LogP contribution in [-0.4, -0.2) is 44.1 Å². The minimum absolute atomic E-state index is 0.537. The van der Waals surface area contributed by atoms with Crippen molar-refractivity contribution < 1.29 is 0 Å². The minimum Gasteiger partial charge on any atom is -0.370 e. The van der Waals surface area contributed by atoms with Gasteiger partial charge in [0.15, 0.2) is 5.96 Å².